The van der Waals surface area contributed by atoms with Gasteiger partial charge in [-0.3, -0.25) is 9.69 Å². The molecule has 1 aromatic rings. The SMILES string of the molecule is CC(C)N(CCC(N)=S)CC(=O)Nc1cccc(F)c1. The molecule has 0 fully saturated rings. The van der Waals surface area contributed by atoms with Crippen LogP contribution in [-0.2, 0) is 4.79 Å². The molecule has 0 spiro atoms. The van der Waals surface area contributed by atoms with Crippen LogP contribution in [0.2, 0.25) is 0 Å². The zero-order valence-electron chi connectivity index (χ0n) is 11.7. The van der Waals surface area contributed by atoms with Gasteiger partial charge in [-0.2, -0.15) is 0 Å². The second kappa shape index (κ2) is 7.91. The molecule has 0 atom stereocenters. The lowest BCUT2D eigenvalue weighted by Crippen LogP contribution is -2.39. The first-order valence-corrected chi connectivity index (χ1v) is 6.87. The molecule has 0 aliphatic rings. The number of halogens is 1. The van der Waals surface area contributed by atoms with Gasteiger partial charge in [0, 0.05) is 24.7 Å². The van der Waals surface area contributed by atoms with Gasteiger partial charge in [-0.05, 0) is 32.0 Å². The Kier molecular flexibility index (Phi) is 6.54. The van der Waals surface area contributed by atoms with Crippen LogP contribution in [0, 0.1) is 5.82 Å². The van der Waals surface area contributed by atoms with Gasteiger partial charge in [0.2, 0.25) is 5.91 Å². The van der Waals surface area contributed by atoms with Crippen molar-refractivity contribution >= 4 is 28.8 Å². The molecular formula is C14H20FN3OS. The van der Waals surface area contributed by atoms with Crippen LogP contribution >= 0.6 is 12.2 Å². The van der Waals surface area contributed by atoms with E-state index in [2.05, 4.69) is 5.32 Å². The molecule has 0 radical (unpaired) electrons. The first-order chi connectivity index (χ1) is 9.38. The Morgan fingerprint density at radius 1 is 1.50 bits per heavy atom. The van der Waals surface area contributed by atoms with Crippen LogP contribution < -0.4 is 11.1 Å². The maximum absolute atomic E-state index is 13.0. The highest BCUT2D eigenvalue weighted by molar-refractivity contribution is 7.80. The zero-order chi connectivity index (χ0) is 15.1. The van der Waals surface area contributed by atoms with E-state index < -0.39 is 0 Å². The van der Waals surface area contributed by atoms with E-state index in [1.165, 1.54) is 12.1 Å². The van der Waals surface area contributed by atoms with Crippen molar-refractivity contribution in [3.8, 4) is 0 Å². The summed E-state index contributed by atoms with van der Waals surface area (Å²) >= 11 is 4.84. The van der Waals surface area contributed by atoms with Crippen molar-refractivity contribution in [1.29, 1.82) is 0 Å². The minimum Gasteiger partial charge on any atom is -0.393 e. The summed E-state index contributed by atoms with van der Waals surface area (Å²) in [6.07, 6.45) is 0.570. The molecule has 0 saturated carbocycles. The van der Waals surface area contributed by atoms with Crippen LogP contribution in [0.25, 0.3) is 0 Å². The molecule has 0 heterocycles. The van der Waals surface area contributed by atoms with Crippen molar-refractivity contribution in [2.24, 2.45) is 5.73 Å². The zero-order valence-corrected chi connectivity index (χ0v) is 12.5. The van der Waals surface area contributed by atoms with E-state index >= 15 is 0 Å². The number of carbonyl (C=O) groups is 1. The second-order valence-corrected chi connectivity index (χ2v) is 5.36. The van der Waals surface area contributed by atoms with Crippen molar-refractivity contribution in [1.82, 2.24) is 4.90 Å². The predicted molar refractivity (Wildman–Crippen MR) is 83.1 cm³/mol. The molecule has 4 nitrogen and oxygen atoms in total. The summed E-state index contributed by atoms with van der Waals surface area (Å²) in [4.78, 5) is 14.3. The first-order valence-electron chi connectivity index (χ1n) is 6.46. The number of amides is 1. The minimum atomic E-state index is -0.378. The summed E-state index contributed by atoms with van der Waals surface area (Å²) in [6.45, 7) is 4.84. The van der Waals surface area contributed by atoms with E-state index in [0.29, 0.717) is 23.6 Å². The van der Waals surface area contributed by atoms with Crippen LogP contribution in [0.1, 0.15) is 20.3 Å². The lowest BCUT2D eigenvalue weighted by molar-refractivity contribution is -0.117. The maximum Gasteiger partial charge on any atom is 0.238 e. The van der Waals surface area contributed by atoms with E-state index in [9.17, 15) is 9.18 Å². The fourth-order valence-corrected chi connectivity index (χ4v) is 1.82. The fraction of sp³-hybridized carbons (Fsp3) is 0.429. The van der Waals surface area contributed by atoms with Crippen LogP contribution in [0.5, 0.6) is 0 Å². The number of rotatable bonds is 7. The van der Waals surface area contributed by atoms with Crippen LogP contribution in [0.4, 0.5) is 10.1 Å². The van der Waals surface area contributed by atoms with Crippen molar-refractivity contribution in [3.63, 3.8) is 0 Å². The van der Waals surface area contributed by atoms with Gasteiger partial charge < -0.3 is 11.1 Å². The standard InChI is InChI=1S/C14H20FN3OS/c1-10(2)18(7-6-13(16)20)9-14(19)17-12-5-3-4-11(15)8-12/h3-5,8,10H,6-7,9H2,1-2H3,(H2,16,20)(H,17,19). The summed E-state index contributed by atoms with van der Waals surface area (Å²) in [6, 6.07) is 6.01. The third-order valence-electron chi connectivity index (χ3n) is 2.83. The number of anilines is 1. The summed E-state index contributed by atoms with van der Waals surface area (Å²) in [5, 5.41) is 2.67. The number of nitrogens with one attached hydrogen (secondary N) is 1. The Hall–Kier alpha value is -1.53. The summed E-state index contributed by atoms with van der Waals surface area (Å²) < 4.78 is 13.0. The van der Waals surface area contributed by atoms with Crippen molar-refractivity contribution in [2.45, 2.75) is 26.3 Å². The van der Waals surface area contributed by atoms with E-state index in [1.54, 1.807) is 12.1 Å². The smallest absolute Gasteiger partial charge is 0.238 e. The Bertz CT molecular complexity index is 479. The van der Waals surface area contributed by atoms with Crippen molar-refractivity contribution in [3.05, 3.63) is 30.1 Å². The van der Waals surface area contributed by atoms with E-state index in [1.807, 2.05) is 18.7 Å². The number of thiocarbonyl (C=S) groups is 1. The normalized spacial score (nSPS) is 10.8. The van der Waals surface area contributed by atoms with Gasteiger partial charge in [-0.15, -0.1) is 0 Å². The highest BCUT2D eigenvalue weighted by atomic mass is 32.1. The molecule has 3 N–H and O–H groups in total. The molecule has 6 heteroatoms. The van der Waals surface area contributed by atoms with Crippen LogP contribution in [0.3, 0.4) is 0 Å². The van der Waals surface area contributed by atoms with Gasteiger partial charge in [-0.25, -0.2) is 4.39 Å². The molecule has 20 heavy (non-hydrogen) atoms. The van der Waals surface area contributed by atoms with Gasteiger partial charge in [0.05, 0.1) is 11.5 Å². The summed E-state index contributed by atoms with van der Waals surface area (Å²) in [7, 11) is 0. The maximum atomic E-state index is 13.0. The van der Waals surface area contributed by atoms with Gasteiger partial charge in [-0.1, -0.05) is 18.3 Å². The fourth-order valence-electron chi connectivity index (χ4n) is 1.72. The highest BCUT2D eigenvalue weighted by Crippen LogP contribution is 2.09. The molecule has 1 amide bonds. The molecule has 1 aromatic carbocycles. The van der Waals surface area contributed by atoms with Gasteiger partial charge in [0.15, 0.2) is 0 Å². The Balaban J connectivity index is 2.55. The molecule has 0 saturated heterocycles. The number of hydrogen-bond donors (Lipinski definition) is 2. The summed E-state index contributed by atoms with van der Waals surface area (Å²) in [5.41, 5.74) is 5.93. The molecule has 1 rings (SSSR count). The van der Waals surface area contributed by atoms with Crippen LogP contribution in [0.15, 0.2) is 24.3 Å². The Labute approximate surface area is 124 Å². The lowest BCUT2D eigenvalue weighted by atomic mass is 10.2. The third-order valence-corrected chi connectivity index (χ3v) is 3.03. The lowest BCUT2D eigenvalue weighted by Gasteiger charge is -2.25. The Morgan fingerprint density at radius 2 is 2.20 bits per heavy atom. The Morgan fingerprint density at radius 3 is 2.75 bits per heavy atom. The third kappa shape index (κ3) is 6.08. The number of nitrogens with two attached hydrogens (primary N) is 1. The summed E-state index contributed by atoms with van der Waals surface area (Å²) in [5.74, 6) is -0.566. The topological polar surface area (TPSA) is 58.4 Å². The molecule has 0 bridgehead atoms. The molecule has 0 aliphatic carbocycles. The number of nitrogens with zero attached hydrogens (tertiary/aromatic N) is 1. The predicted octanol–water partition coefficient (Wildman–Crippen LogP) is 2.15. The van der Waals surface area contributed by atoms with Crippen molar-refractivity contribution < 1.29 is 9.18 Å². The quantitative estimate of drug-likeness (QED) is 0.757. The van der Waals surface area contributed by atoms with E-state index in [-0.39, 0.29) is 24.3 Å². The molecule has 0 aromatic heterocycles. The highest BCUT2D eigenvalue weighted by Gasteiger charge is 2.14. The average Bonchev–Trinajstić information content (AvgIpc) is 2.33. The van der Waals surface area contributed by atoms with E-state index in [0.717, 1.165) is 0 Å². The van der Waals surface area contributed by atoms with E-state index in [4.69, 9.17) is 18.0 Å². The van der Waals surface area contributed by atoms with Crippen molar-refractivity contribution in [2.75, 3.05) is 18.4 Å². The minimum absolute atomic E-state index is 0.188. The largest absolute Gasteiger partial charge is 0.393 e. The average molecular weight is 297 g/mol. The van der Waals surface area contributed by atoms with Gasteiger partial charge >= 0.3 is 0 Å². The monoisotopic (exact) mass is 297 g/mol. The molecule has 0 unspecified atom stereocenters. The number of hydrogen-bond acceptors (Lipinski definition) is 3. The molecular weight excluding hydrogens is 277 g/mol. The van der Waals surface area contributed by atoms with Gasteiger partial charge in [0.25, 0.3) is 0 Å². The van der Waals surface area contributed by atoms with Gasteiger partial charge in [0.1, 0.15) is 5.82 Å². The van der Waals surface area contributed by atoms with Crippen LogP contribution in [-0.4, -0.2) is 34.9 Å². The molecule has 110 valence electrons. The second-order valence-electron chi connectivity index (χ2n) is 4.84. The number of benzene rings is 1. The number of carbonyl (C=O) groups excluding carboxylic acids is 1. The molecule has 0 aliphatic heterocycles. The first kappa shape index (κ1) is 16.5.